The van der Waals surface area contributed by atoms with E-state index in [2.05, 4.69) is 20.6 Å². The third-order valence-electron chi connectivity index (χ3n) is 5.01. The Morgan fingerprint density at radius 2 is 1.83 bits per heavy atom. The molecule has 1 unspecified atom stereocenters. The van der Waals surface area contributed by atoms with Crippen molar-refractivity contribution in [1.29, 1.82) is 0 Å². The largest absolute Gasteiger partial charge is 0.416 e. The molecule has 0 aliphatic heterocycles. The van der Waals surface area contributed by atoms with Crippen molar-refractivity contribution in [2.75, 3.05) is 11.1 Å². The first-order valence-electron chi connectivity index (χ1n) is 10.6. The summed E-state index contributed by atoms with van der Waals surface area (Å²) in [5.41, 5.74) is 6.54. The van der Waals surface area contributed by atoms with E-state index in [4.69, 9.17) is 5.73 Å². The zero-order valence-corrected chi connectivity index (χ0v) is 19.1. The van der Waals surface area contributed by atoms with Crippen LogP contribution < -0.4 is 16.4 Å². The number of benzene rings is 1. The van der Waals surface area contributed by atoms with Gasteiger partial charge in [-0.05, 0) is 56.7 Å². The number of anilines is 2. The predicted octanol–water partition coefficient (Wildman–Crippen LogP) is 3.86. The average Bonchev–Trinajstić information content (AvgIpc) is 2.78. The van der Waals surface area contributed by atoms with Crippen molar-refractivity contribution in [1.82, 2.24) is 15.3 Å². The molecule has 0 saturated carbocycles. The van der Waals surface area contributed by atoms with Gasteiger partial charge in [-0.1, -0.05) is 12.1 Å². The Hall–Kier alpha value is -3.99. The van der Waals surface area contributed by atoms with Gasteiger partial charge in [0.15, 0.2) is 6.10 Å². The van der Waals surface area contributed by atoms with Crippen molar-refractivity contribution in [2.45, 2.75) is 39.1 Å². The molecule has 11 heteroatoms. The number of nitrogens with zero attached hydrogens (tertiary/aromatic N) is 2. The van der Waals surface area contributed by atoms with Crippen LogP contribution in [0.25, 0.3) is 11.1 Å². The lowest BCUT2D eigenvalue weighted by molar-refractivity contribution is -0.138. The lowest BCUT2D eigenvalue weighted by Crippen LogP contribution is -2.30. The van der Waals surface area contributed by atoms with Crippen molar-refractivity contribution in [3.63, 3.8) is 0 Å². The topological polar surface area (TPSA) is 130 Å². The summed E-state index contributed by atoms with van der Waals surface area (Å²) >= 11 is 0. The number of aromatic nitrogens is 2. The number of pyridine rings is 2. The minimum Gasteiger partial charge on any atom is -0.383 e. The summed E-state index contributed by atoms with van der Waals surface area (Å²) in [6, 6.07) is 8.48. The van der Waals surface area contributed by atoms with E-state index in [-0.39, 0.29) is 34.7 Å². The highest BCUT2D eigenvalue weighted by atomic mass is 19.4. The van der Waals surface area contributed by atoms with Gasteiger partial charge < -0.3 is 21.5 Å². The summed E-state index contributed by atoms with van der Waals surface area (Å²) in [4.78, 5) is 33.2. The number of carbonyl (C=O) groups excluding carboxylic acids is 2. The van der Waals surface area contributed by atoms with E-state index in [0.29, 0.717) is 22.9 Å². The van der Waals surface area contributed by atoms with Gasteiger partial charge in [-0.25, -0.2) is 9.97 Å². The smallest absolute Gasteiger partial charge is 0.383 e. The number of carbonyl (C=O) groups is 2. The Balaban J connectivity index is 1.80. The van der Waals surface area contributed by atoms with Crippen molar-refractivity contribution in [3.05, 3.63) is 71.0 Å². The van der Waals surface area contributed by atoms with Crippen LogP contribution in [0.5, 0.6) is 0 Å². The van der Waals surface area contributed by atoms with Crippen molar-refractivity contribution in [3.8, 4) is 11.1 Å². The van der Waals surface area contributed by atoms with Gasteiger partial charge in [-0.3, -0.25) is 9.59 Å². The standard InChI is InChI=1S/C24H24F3N5O3/c1-12(2)30-22(34)18-10-15(11-29-21(18)28)17-7-8-19(31-13(17)3)32-23(35)20(33)14-5-4-6-16(9-14)24(25,26)27/h4-12,20,33H,1-3H3,(H2,28,29)(H,30,34)(H,31,32,35). The van der Waals surface area contributed by atoms with Crippen LogP contribution in [-0.2, 0) is 11.0 Å². The Labute approximate surface area is 199 Å². The molecule has 0 spiro atoms. The number of amides is 2. The first-order valence-corrected chi connectivity index (χ1v) is 10.6. The number of halogens is 3. The Bertz CT molecular complexity index is 1260. The fourth-order valence-electron chi connectivity index (χ4n) is 3.31. The first kappa shape index (κ1) is 25.6. The van der Waals surface area contributed by atoms with Gasteiger partial charge >= 0.3 is 6.18 Å². The van der Waals surface area contributed by atoms with E-state index < -0.39 is 23.8 Å². The normalized spacial score (nSPS) is 12.3. The second-order valence-electron chi connectivity index (χ2n) is 8.13. The second-order valence-corrected chi connectivity index (χ2v) is 8.13. The van der Waals surface area contributed by atoms with Crippen molar-refractivity contribution in [2.24, 2.45) is 0 Å². The Morgan fingerprint density at radius 3 is 2.46 bits per heavy atom. The number of rotatable bonds is 6. The van der Waals surface area contributed by atoms with Crippen LogP contribution in [0.1, 0.15) is 47.1 Å². The van der Waals surface area contributed by atoms with Gasteiger partial charge in [0, 0.05) is 29.1 Å². The van der Waals surface area contributed by atoms with E-state index in [0.717, 1.165) is 12.1 Å². The summed E-state index contributed by atoms with van der Waals surface area (Å²) in [5, 5.41) is 15.4. The van der Waals surface area contributed by atoms with Gasteiger partial charge in [-0.2, -0.15) is 13.2 Å². The lowest BCUT2D eigenvalue weighted by atomic mass is 10.0. The Kier molecular flexibility index (Phi) is 7.39. The molecule has 8 nitrogen and oxygen atoms in total. The maximum atomic E-state index is 12.9. The third kappa shape index (κ3) is 6.12. The summed E-state index contributed by atoms with van der Waals surface area (Å²) in [5.74, 6) is -1.15. The number of nitrogens with two attached hydrogens (primary N) is 1. The van der Waals surface area contributed by atoms with Crippen LogP contribution in [0.15, 0.2) is 48.7 Å². The number of hydrogen-bond donors (Lipinski definition) is 4. The molecule has 5 N–H and O–H groups in total. The van der Waals surface area contributed by atoms with E-state index in [1.807, 2.05) is 13.8 Å². The van der Waals surface area contributed by atoms with Crippen LogP contribution in [0.4, 0.5) is 24.8 Å². The molecule has 35 heavy (non-hydrogen) atoms. The number of nitrogen functional groups attached to an aromatic ring is 1. The van der Waals surface area contributed by atoms with Gasteiger partial charge in [0.1, 0.15) is 11.6 Å². The second kappa shape index (κ2) is 10.1. The molecule has 0 radical (unpaired) electrons. The molecule has 3 rings (SSSR count). The maximum absolute atomic E-state index is 12.9. The SMILES string of the molecule is Cc1nc(NC(=O)C(O)c2cccc(C(F)(F)F)c2)ccc1-c1cnc(N)c(C(=O)NC(C)C)c1. The maximum Gasteiger partial charge on any atom is 0.416 e. The molecule has 2 aromatic heterocycles. The molecule has 2 heterocycles. The summed E-state index contributed by atoms with van der Waals surface area (Å²) in [6.07, 6.45) is -4.95. The van der Waals surface area contributed by atoms with Crippen LogP contribution in [0, 0.1) is 6.92 Å². The van der Waals surface area contributed by atoms with Crippen molar-refractivity contribution < 1.29 is 27.9 Å². The van der Waals surface area contributed by atoms with Gasteiger partial charge in [-0.15, -0.1) is 0 Å². The van der Waals surface area contributed by atoms with Gasteiger partial charge in [0.25, 0.3) is 11.8 Å². The summed E-state index contributed by atoms with van der Waals surface area (Å²) in [6.45, 7) is 5.30. The minimum atomic E-state index is -4.60. The molecule has 2 amide bonds. The van der Waals surface area contributed by atoms with Gasteiger partial charge in [0.2, 0.25) is 0 Å². The van der Waals surface area contributed by atoms with Crippen molar-refractivity contribution >= 4 is 23.5 Å². The van der Waals surface area contributed by atoms with Crippen LogP contribution in [0.3, 0.4) is 0 Å². The van der Waals surface area contributed by atoms with E-state index in [1.54, 1.807) is 19.1 Å². The first-order chi connectivity index (χ1) is 16.4. The highest BCUT2D eigenvalue weighted by molar-refractivity contribution is 5.99. The fraction of sp³-hybridized carbons (Fsp3) is 0.250. The minimum absolute atomic E-state index is 0.0741. The summed E-state index contributed by atoms with van der Waals surface area (Å²) < 4.78 is 38.8. The number of aliphatic hydroxyl groups excluding tert-OH is 1. The van der Waals surface area contributed by atoms with Crippen LogP contribution >= 0.6 is 0 Å². The van der Waals surface area contributed by atoms with Crippen LogP contribution in [0.2, 0.25) is 0 Å². The highest BCUT2D eigenvalue weighted by Gasteiger charge is 2.31. The lowest BCUT2D eigenvalue weighted by Gasteiger charge is -2.15. The molecule has 184 valence electrons. The molecule has 0 aliphatic carbocycles. The van der Waals surface area contributed by atoms with E-state index in [1.165, 1.54) is 18.3 Å². The highest BCUT2D eigenvalue weighted by Crippen LogP contribution is 2.31. The molecule has 0 aliphatic rings. The molecular weight excluding hydrogens is 463 g/mol. The predicted molar refractivity (Wildman–Crippen MR) is 124 cm³/mol. The zero-order valence-electron chi connectivity index (χ0n) is 19.1. The molecule has 0 bridgehead atoms. The van der Waals surface area contributed by atoms with E-state index >= 15 is 0 Å². The fourth-order valence-corrected chi connectivity index (χ4v) is 3.31. The van der Waals surface area contributed by atoms with Crippen LogP contribution in [-0.4, -0.2) is 32.9 Å². The number of aliphatic hydroxyl groups is 1. The number of hydrogen-bond acceptors (Lipinski definition) is 6. The third-order valence-corrected chi connectivity index (χ3v) is 5.01. The Morgan fingerprint density at radius 1 is 1.11 bits per heavy atom. The monoisotopic (exact) mass is 487 g/mol. The average molecular weight is 487 g/mol. The van der Waals surface area contributed by atoms with Gasteiger partial charge in [0.05, 0.1) is 11.1 Å². The number of nitrogens with one attached hydrogen (secondary N) is 2. The molecule has 0 saturated heterocycles. The van der Waals surface area contributed by atoms with E-state index in [9.17, 15) is 27.9 Å². The molecule has 3 aromatic rings. The molecular formula is C24H24F3N5O3. The summed E-state index contributed by atoms with van der Waals surface area (Å²) in [7, 11) is 0. The number of aryl methyl sites for hydroxylation is 1. The quantitative estimate of drug-likeness (QED) is 0.418. The molecule has 1 aromatic carbocycles. The molecule has 1 atom stereocenters. The number of alkyl halides is 3. The zero-order chi connectivity index (χ0) is 25.9. The molecule has 0 fully saturated rings.